The monoisotopic (exact) mass is 615 g/mol. The lowest BCUT2D eigenvalue weighted by molar-refractivity contribution is -0.139. The Balaban J connectivity index is 1.49. The van der Waals surface area contributed by atoms with Gasteiger partial charge >= 0.3 is 12.2 Å². The van der Waals surface area contributed by atoms with E-state index in [9.17, 15) is 22.4 Å². The Hall–Kier alpha value is -3.92. The number of carbonyl (C=O) groups is 1. The van der Waals surface area contributed by atoms with E-state index in [0.717, 1.165) is 30.9 Å². The number of hydrogen-bond acceptors (Lipinski definition) is 7. The fourth-order valence-corrected chi connectivity index (χ4v) is 6.77. The van der Waals surface area contributed by atoms with E-state index in [0.29, 0.717) is 50.2 Å². The number of ether oxygens (including phenoxy) is 1. The van der Waals surface area contributed by atoms with E-state index in [2.05, 4.69) is 21.3 Å². The Morgan fingerprint density at radius 1 is 1.20 bits per heavy atom. The molecule has 0 radical (unpaired) electrons. The second-order valence-electron chi connectivity index (χ2n) is 11.8. The minimum atomic E-state index is -4.86. The largest absolute Gasteiger partial charge is 0.463 e. The fraction of sp³-hybridized carbons (Fsp3) is 0.548. The van der Waals surface area contributed by atoms with Gasteiger partial charge in [0.15, 0.2) is 0 Å². The molecule has 1 aromatic heterocycles. The zero-order chi connectivity index (χ0) is 31.6. The van der Waals surface area contributed by atoms with Gasteiger partial charge in [-0.15, -0.1) is 0 Å². The van der Waals surface area contributed by atoms with Gasteiger partial charge in [-0.3, -0.25) is 4.79 Å². The average molecular weight is 616 g/mol. The molecular weight excluding hydrogens is 578 g/mol. The fourth-order valence-electron chi connectivity index (χ4n) is 6.77. The number of benzene rings is 1. The number of hydrogen-bond donors (Lipinski definition) is 0. The second-order valence-corrected chi connectivity index (χ2v) is 11.8. The highest BCUT2D eigenvalue weighted by Gasteiger charge is 2.40. The van der Waals surface area contributed by atoms with Crippen LogP contribution in [0, 0.1) is 18.3 Å². The number of aromatic nitrogens is 2. The van der Waals surface area contributed by atoms with Crippen LogP contribution in [-0.2, 0) is 23.9 Å². The van der Waals surface area contributed by atoms with Crippen LogP contribution in [0.5, 0.6) is 6.01 Å². The highest BCUT2D eigenvalue weighted by molar-refractivity contribution is 5.87. The third-order valence-electron chi connectivity index (χ3n) is 8.89. The number of amides is 1. The number of fused-ring (bicyclic) bond motifs is 1. The summed E-state index contributed by atoms with van der Waals surface area (Å²) in [5, 5.41) is 0. The lowest BCUT2D eigenvalue weighted by Crippen LogP contribution is -2.56. The summed E-state index contributed by atoms with van der Waals surface area (Å²) in [6.45, 7) is 12.9. The first-order valence-electron chi connectivity index (χ1n) is 14.8. The SMILES string of the molecule is [C-]#[N+]CC1CN(c2nc(OCC3CCCC3N(C)C)nc3c2CCN(c2cccc(F)c2C(F)(F)F)C3)CCN1C(=O)C=C. The van der Waals surface area contributed by atoms with Crippen molar-refractivity contribution in [2.24, 2.45) is 5.92 Å². The Labute approximate surface area is 254 Å². The number of piperazine rings is 1. The molecule has 236 valence electrons. The second kappa shape index (κ2) is 13.0. The van der Waals surface area contributed by atoms with Gasteiger partial charge in [-0.2, -0.15) is 23.1 Å². The van der Waals surface area contributed by atoms with E-state index < -0.39 is 17.6 Å². The van der Waals surface area contributed by atoms with Crippen molar-refractivity contribution >= 4 is 17.4 Å². The molecule has 1 aromatic carbocycles. The van der Waals surface area contributed by atoms with E-state index >= 15 is 0 Å². The molecular formula is C31H37F4N7O2. The predicted octanol–water partition coefficient (Wildman–Crippen LogP) is 4.43. The minimum Gasteiger partial charge on any atom is -0.463 e. The molecule has 9 nitrogen and oxygen atoms in total. The molecule has 0 bridgehead atoms. The summed E-state index contributed by atoms with van der Waals surface area (Å²) in [4.78, 5) is 32.9. The molecule has 1 saturated heterocycles. The van der Waals surface area contributed by atoms with Crippen molar-refractivity contribution in [2.75, 3.05) is 63.2 Å². The van der Waals surface area contributed by atoms with Crippen LogP contribution in [-0.4, -0.2) is 91.2 Å². The lowest BCUT2D eigenvalue weighted by atomic mass is 10.0. The van der Waals surface area contributed by atoms with Crippen molar-refractivity contribution < 1.29 is 27.1 Å². The number of anilines is 2. The van der Waals surface area contributed by atoms with Gasteiger partial charge in [0.25, 0.3) is 0 Å². The van der Waals surface area contributed by atoms with Gasteiger partial charge in [0.1, 0.15) is 23.2 Å². The number of halogens is 4. The molecule has 2 aliphatic heterocycles. The van der Waals surface area contributed by atoms with Crippen LogP contribution in [0.2, 0.25) is 0 Å². The summed E-state index contributed by atoms with van der Waals surface area (Å²) in [5.41, 5.74) is -0.249. The molecule has 44 heavy (non-hydrogen) atoms. The summed E-state index contributed by atoms with van der Waals surface area (Å²) in [5.74, 6) is -0.692. The van der Waals surface area contributed by atoms with Gasteiger partial charge in [0.05, 0.1) is 24.5 Å². The van der Waals surface area contributed by atoms with E-state index in [1.54, 1.807) is 4.90 Å². The molecule has 2 aromatic rings. The van der Waals surface area contributed by atoms with Crippen LogP contribution in [0.15, 0.2) is 30.9 Å². The molecule has 3 unspecified atom stereocenters. The smallest absolute Gasteiger partial charge is 0.421 e. The predicted molar refractivity (Wildman–Crippen MR) is 158 cm³/mol. The van der Waals surface area contributed by atoms with Crippen molar-refractivity contribution in [1.82, 2.24) is 19.8 Å². The highest BCUT2D eigenvalue weighted by atomic mass is 19.4. The first kappa shape index (κ1) is 31.5. The molecule has 13 heteroatoms. The van der Waals surface area contributed by atoms with Gasteiger partial charge in [-0.1, -0.05) is 19.1 Å². The first-order valence-corrected chi connectivity index (χ1v) is 14.8. The topological polar surface area (TPSA) is 69.4 Å². The standard InChI is InChI=1S/C31H37F4N7O2/c1-5-27(43)42-15-14-41(17-21(42)16-36-2)29-22-12-13-40(26-11-7-9-23(32)28(26)31(33,34)35)18-24(22)37-30(38-29)44-19-20-8-6-10-25(20)39(3)4/h5,7,9,11,20-21,25H,1,6,8,10,12-19H2,3-4H3. The highest BCUT2D eigenvalue weighted by Crippen LogP contribution is 2.41. The maximum atomic E-state index is 14.5. The summed E-state index contributed by atoms with van der Waals surface area (Å²) in [6.07, 6.45) is -0.137. The molecule has 1 aliphatic carbocycles. The Kier molecular flexibility index (Phi) is 9.29. The first-order chi connectivity index (χ1) is 21.0. The molecule has 3 heterocycles. The zero-order valence-electron chi connectivity index (χ0n) is 25.0. The molecule has 2 fully saturated rings. The van der Waals surface area contributed by atoms with Gasteiger partial charge in [-0.05, 0) is 51.6 Å². The van der Waals surface area contributed by atoms with Crippen LogP contribution in [0.25, 0.3) is 4.85 Å². The molecule has 0 N–H and O–H groups in total. The maximum Gasteiger partial charge on any atom is 0.421 e. The third kappa shape index (κ3) is 6.45. The van der Waals surface area contributed by atoms with E-state index in [-0.39, 0.29) is 49.2 Å². The van der Waals surface area contributed by atoms with Crippen LogP contribution in [0.1, 0.15) is 36.1 Å². The van der Waals surface area contributed by atoms with E-state index in [1.807, 2.05) is 19.0 Å². The molecule has 3 atom stereocenters. The van der Waals surface area contributed by atoms with E-state index in [4.69, 9.17) is 16.3 Å². The molecule has 5 rings (SSSR count). The van der Waals surface area contributed by atoms with Crippen molar-refractivity contribution in [3.05, 3.63) is 64.9 Å². The molecule has 1 amide bonds. The summed E-state index contributed by atoms with van der Waals surface area (Å²) in [7, 11) is 4.09. The van der Waals surface area contributed by atoms with Crippen molar-refractivity contribution in [3.8, 4) is 6.01 Å². The minimum absolute atomic E-state index is 0.0118. The number of carbonyl (C=O) groups excluding carboxylic acids is 1. The third-order valence-corrected chi connectivity index (χ3v) is 8.89. The number of alkyl halides is 3. The summed E-state index contributed by atoms with van der Waals surface area (Å²) < 4.78 is 62.4. The van der Waals surface area contributed by atoms with Crippen molar-refractivity contribution in [3.63, 3.8) is 0 Å². The quantitative estimate of drug-likeness (QED) is 0.247. The number of nitrogens with zero attached hydrogens (tertiary/aromatic N) is 7. The Bertz CT molecular complexity index is 1430. The van der Waals surface area contributed by atoms with Gasteiger partial charge in [0.2, 0.25) is 12.5 Å². The number of rotatable bonds is 8. The van der Waals surface area contributed by atoms with Crippen molar-refractivity contribution in [2.45, 2.75) is 50.5 Å². The van der Waals surface area contributed by atoms with Gasteiger partial charge in [0, 0.05) is 43.7 Å². The Morgan fingerprint density at radius 3 is 2.70 bits per heavy atom. The van der Waals surface area contributed by atoms with Crippen LogP contribution in [0.4, 0.5) is 29.1 Å². The lowest BCUT2D eigenvalue weighted by Gasteiger charge is -2.41. The molecule has 3 aliphatic rings. The maximum absolute atomic E-state index is 14.5. The van der Waals surface area contributed by atoms with Crippen LogP contribution >= 0.6 is 0 Å². The normalized spacial score (nSPS) is 22.1. The van der Waals surface area contributed by atoms with E-state index in [1.165, 1.54) is 23.1 Å². The average Bonchev–Trinajstić information content (AvgIpc) is 3.47. The zero-order valence-corrected chi connectivity index (χ0v) is 25.0. The van der Waals surface area contributed by atoms with Crippen LogP contribution < -0.4 is 14.5 Å². The van der Waals surface area contributed by atoms with Gasteiger partial charge < -0.3 is 29.2 Å². The van der Waals surface area contributed by atoms with Gasteiger partial charge in [-0.25, -0.2) is 11.0 Å². The van der Waals surface area contributed by atoms with Crippen LogP contribution in [0.3, 0.4) is 0 Å². The Morgan fingerprint density at radius 2 is 2.00 bits per heavy atom. The molecule has 0 spiro atoms. The summed E-state index contributed by atoms with van der Waals surface area (Å²) >= 11 is 0. The summed E-state index contributed by atoms with van der Waals surface area (Å²) in [6, 6.07) is 3.48. The molecule has 1 saturated carbocycles. The van der Waals surface area contributed by atoms with Crippen molar-refractivity contribution in [1.29, 1.82) is 0 Å².